The van der Waals surface area contributed by atoms with Crippen LogP contribution in [0.1, 0.15) is 21.5 Å². The van der Waals surface area contributed by atoms with Gasteiger partial charge in [0, 0.05) is 10.2 Å². The molecule has 0 saturated heterocycles. The Morgan fingerprint density at radius 1 is 1.17 bits per heavy atom. The largest absolute Gasteiger partial charge is 0.452 e. The normalized spacial score (nSPS) is 10.3. The smallest absolute Gasteiger partial charge is 0.341 e. The molecule has 0 atom stereocenters. The number of benzene rings is 2. The van der Waals surface area contributed by atoms with Gasteiger partial charge in [-0.05, 0) is 49.2 Å². The fourth-order valence-corrected chi connectivity index (χ4v) is 2.28. The molecule has 0 aliphatic carbocycles. The van der Waals surface area contributed by atoms with Gasteiger partial charge in [0.15, 0.2) is 6.61 Å². The number of aryl methyl sites for hydroxylation is 2. The lowest BCUT2D eigenvalue weighted by Gasteiger charge is -2.10. The zero-order valence-corrected chi connectivity index (χ0v) is 14.2. The number of esters is 1. The monoisotopic (exact) mass is 379 g/mol. The molecule has 2 rings (SSSR count). The van der Waals surface area contributed by atoms with Crippen LogP contribution in [0.5, 0.6) is 0 Å². The van der Waals surface area contributed by atoms with E-state index >= 15 is 0 Å². The first-order valence-electron chi connectivity index (χ1n) is 6.86. The Morgan fingerprint density at radius 3 is 2.39 bits per heavy atom. The van der Waals surface area contributed by atoms with Crippen LogP contribution in [0, 0.1) is 19.7 Å². The standard InChI is InChI=1S/C17H15BrFNO3/c1-10-7-12(8-11(2)16(10)18)20-15(21)9-23-17(22)13-5-3-4-6-14(13)19/h3-8H,9H2,1-2H3,(H,20,21). The second kappa shape index (κ2) is 7.37. The van der Waals surface area contributed by atoms with Crippen molar-refractivity contribution in [2.45, 2.75) is 13.8 Å². The zero-order valence-electron chi connectivity index (χ0n) is 12.7. The number of hydrogen-bond acceptors (Lipinski definition) is 3. The van der Waals surface area contributed by atoms with Crippen molar-refractivity contribution < 1.29 is 18.7 Å². The van der Waals surface area contributed by atoms with E-state index in [2.05, 4.69) is 21.2 Å². The molecule has 0 aliphatic heterocycles. The van der Waals surface area contributed by atoms with Crippen LogP contribution in [0.25, 0.3) is 0 Å². The third kappa shape index (κ3) is 4.39. The van der Waals surface area contributed by atoms with Crippen molar-refractivity contribution in [3.8, 4) is 0 Å². The van der Waals surface area contributed by atoms with Crippen LogP contribution < -0.4 is 5.32 Å². The average molecular weight is 380 g/mol. The summed E-state index contributed by atoms with van der Waals surface area (Å²) in [5.74, 6) is -2.05. The van der Waals surface area contributed by atoms with E-state index < -0.39 is 24.3 Å². The molecule has 23 heavy (non-hydrogen) atoms. The first kappa shape index (κ1) is 17.1. The summed E-state index contributed by atoms with van der Waals surface area (Å²) in [5.41, 5.74) is 2.36. The van der Waals surface area contributed by atoms with Crippen LogP contribution in [0.3, 0.4) is 0 Å². The van der Waals surface area contributed by atoms with E-state index in [1.165, 1.54) is 18.2 Å². The maximum Gasteiger partial charge on any atom is 0.341 e. The van der Waals surface area contributed by atoms with Crippen LogP contribution in [0.4, 0.5) is 10.1 Å². The van der Waals surface area contributed by atoms with Gasteiger partial charge in [0.05, 0.1) is 5.56 Å². The summed E-state index contributed by atoms with van der Waals surface area (Å²) >= 11 is 3.44. The minimum Gasteiger partial charge on any atom is -0.452 e. The van der Waals surface area contributed by atoms with E-state index in [9.17, 15) is 14.0 Å². The van der Waals surface area contributed by atoms with Gasteiger partial charge in [-0.2, -0.15) is 0 Å². The van der Waals surface area contributed by atoms with E-state index in [1.807, 2.05) is 13.8 Å². The second-order valence-corrected chi connectivity index (χ2v) is 5.82. The van der Waals surface area contributed by atoms with Crippen LogP contribution in [0.2, 0.25) is 0 Å². The van der Waals surface area contributed by atoms with Crippen LogP contribution >= 0.6 is 15.9 Å². The summed E-state index contributed by atoms with van der Waals surface area (Å²) < 4.78 is 19.2. The highest BCUT2D eigenvalue weighted by Crippen LogP contribution is 2.24. The fourth-order valence-electron chi connectivity index (χ4n) is 2.05. The predicted molar refractivity (Wildman–Crippen MR) is 88.9 cm³/mol. The van der Waals surface area contributed by atoms with Crippen molar-refractivity contribution in [3.05, 3.63) is 63.4 Å². The van der Waals surface area contributed by atoms with Gasteiger partial charge >= 0.3 is 5.97 Å². The Hall–Kier alpha value is -2.21. The van der Waals surface area contributed by atoms with Crippen molar-refractivity contribution in [2.24, 2.45) is 0 Å². The summed E-state index contributed by atoms with van der Waals surface area (Å²) in [7, 11) is 0. The van der Waals surface area contributed by atoms with Gasteiger partial charge in [0.1, 0.15) is 5.82 Å². The number of carbonyl (C=O) groups excluding carboxylic acids is 2. The Labute approximate surface area is 141 Å². The topological polar surface area (TPSA) is 55.4 Å². The van der Waals surface area contributed by atoms with Crippen LogP contribution in [-0.2, 0) is 9.53 Å². The van der Waals surface area contributed by atoms with Gasteiger partial charge in [0.2, 0.25) is 0 Å². The lowest BCUT2D eigenvalue weighted by molar-refractivity contribution is -0.119. The molecule has 0 fully saturated rings. The summed E-state index contributed by atoms with van der Waals surface area (Å²) in [6.45, 7) is 3.33. The third-order valence-electron chi connectivity index (χ3n) is 3.15. The van der Waals surface area contributed by atoms with E-state index in [-0.39, 0.29) is 5.56 Å². The van der Waals surface area contributed by atoms with Crippen molar-refractivity contribution in [1.29, 1.82) is 0 Å². The summed E-state index contributed by atoms with van der Waals surface area (Å²) in [6.07, 6.45) is 0. The molecule has 1 N–H and O–H groups in total. The maximum absolute atomic E-state index is 13.4. The van der Waals surface area contributed by atoms with Gasteiger partial charge in [-0.15, -0.1) is 0 Å². The number of amides is 1. The van der Waals surface area contributed by atoms with Gasteiger partial charge in [-0.1, -0.05) is 28.1 Å². The molecule has 2 aromatic carbocycles. The molecule has 0 spiro atoms. The molecule has 4 nitrogen and oxygen atoms in total. The Kier molecular flexibility index (Phi) is 5.50. The second-order valence-electron chi connectivity index (χ2n) is 5.03. The molecular weight excluding hydrogens is 365 g/mol. The van der Waals surface area contributed by atoms with Crippen molar-refractivity contribution in [2.75, 3.05) is 11.9 Å². The molecule has 0 aromatic heterocycles. The van der Waals surface area contributed by atoms with E-state index in [4.69, 9.17) is 4.74 Å². The Bertz CT molecular complexity index is 738. The minimum atomic E-state index is -0.874. The van der Waals surface area contributed by atoms with E-state index in [1.54, 1.807) is 12.1 Å². The highest BCUT2D eigenvalue weighted by Gasteiger charge is 2.14. The number of nitrogens with one attached hydrogen (secondary N) is 1. The molecule has 0 heterocycles. The quantitative estimate of drug-likeness (QED) is 0.816. The fraction of sp³-hybridized carbons (Fsp3) is 0.176. The molecule has 0 bridgehead atoms. The number of hydrogen-bond donors (Lipinski definition) is 1. The summed E-state index contributed by atoms with van der Waals surface area (Å²) in [6, 6.07) is 9.05. The molecule has 0 saturated carbocycles. The molecule has 2 aromatic rings. The number of carbonyl (C=O) groups is 2. The summed E-state index contributed by atoms with van der Waals surface area (Å²) in [5, 5.41) is 2.64. The average Bonchev–Trinajstić information content (AvgIpc) is 2.50. The van der Waals surface area contributed by atoms with Crippen molar-refractivity contribution in [1.82, 2.24) is 0 Å². The van der Waals surface area contributed by atoms with Gasteiger partial charge < -0.3 is 10.1 Å². The molecular formula is C17H15BrFNO3. The van der Waals surface area contributed by atoms with Gasteiger partial charge in [0.25, 0.3) is 5.91 Å². The van der Waals surface area contributed by atoms with Crippen molar-refractivity contribution >= 4 is 33.5 Å². The number of halogens is 2. The molecule has 6 heteroatoms. The van der Waals surface area contributed by atoms with Crippen molar-refractivity contribution in [3.63, 3.8) is 0 Å². The van der Waals surface area contributed by atoms with Gasteiger partial charge in [-0.25, -0.2) is 9.18 Å². The highest BCUT2D eigenvalue weighted by atomic mass is 79.9. The molecule has 120 valence electrons. The number of anilines is 1. The predicted octanol–water partition coefficient (Wildman–Crippen LogP) is 4.00. The van der Waals surface area contributed by atoms with E-state index in [0.717, 1.165) is 21.7 Å². The minimum absolute atomic E-state index is 0.198. The number of rotatable bonds is 4. The van der Waals surface area contributed by atoms with Gasteiger partial charge in [-0.3, -0.25) is 4.79 Å². The SMILES string of the molecule is Cc1cc(NC(=O)COC(=O)c2ccccc2F)cc(C)c1Br. The molecule has 0 unspecified atom stereocenters. The first-order chi connectivity index (χ1) is 10.9. The molecule has 1 amide bonds. The van der Waals surface area contributed by atoms with E-state index in [0.29, 0.717) is 5.69 Å². The third-order valence-corrected chi connectivity index (χ3v) is 4.40. The molecule has 0 aliphatic rings. The van der Waals surface area contributed by atoms with Crippen LogP contribution in [0.15, 0.2) is 40.9 Å². The maximum atomic E-state index is 13.4. The summed E-state index contributed by atoms with van der Waals surface area (Å²) in [4.78, 5) is 23.6. The lowest BCUT2D eigenvalue weighted by atomic mass is 10.1. The lowest BCUT2D eigenvalue weighted by Crippen LogP contribution is -2.21. The zero-order chi connectivity index (χ0) is 17.0. The highest BCUT2D eigenvalue weighted by molar-refractivity contribution is 9.10. The molecule has 0 radical (unpaired) electrons. The number of ether oxygens (including phenoxy) is 1. The first-order valence-corrected chi connectivity index (χ1v) is 7.66. The Morgan fingerprint density at radius 2 is 1.78 bits per heavy atom. The van der Waals surface area contributed by atoms with Crippen LogP contribution in [-0.4, -0.2) is 18.5 Å². The Balaban J connectivity index is 1.96.